The normalized spacial score (nSPS) is 10.2. The summed E-state index contributed by atoms with van der Waals surface area (Å²) in [4.78, 5) is 22.6. The predicted octanol–water partition coefficient (Wildman–Crippen LogP) is 1.25. The fourth-order valence-electron chi connectivity index (χ4n) is 1.64. The highest BCUT2D eigenvalue weighted by molar-refractivity contribution is 5.93. The molecule has 2 aromatic carbocycles. The maximum atomic E-state index is 11.9. The van der Waals surface area contributed by atoms with Gasteiger partial charge in [0.25, 0.3) is 0 Å². The maximum Gasteiger partial charge on any atom is 0.343 e. The molecule has 0 saturated heterocycles. The lowest BCUT2D eigenvalue weighted by Crippen LogP contribution is -2.08. The van der Waals surface area contributed by atoms with E-state index in [0.717, 1.165) is 24.3 Å². The molecule has 8 heteroatoms. The number of aromatic hydroxyl groups is 5. The number of phenolic OH excluding ortho intramolecular Hbond substituents is 5. The molecule has 22 heavy (non-hydrogen) atoms. The third kappa shape index (κ3) is 2.70. The first kappa shape index (κ1) is 15.0. The van der Waals surface area contributed by atoms with Crippen molar-refractivity contribution in [2.75, 3.05) is 0 Å². The second-order valence-electron chi connectivity index (χ2n) is 4.26. The SMILES string of the molecule is O=Cc1cc(O)c(O)c(OC(=O)c2cc(O)c(O)c(O)c2)c1. The van der Waals surface area contributed by atoms with E-state index in [9.17, 15) is 35.1 Å². The third-order valence-corrected chi connectivity index (χ3v) is 2.72. The van der Waals surface area contributed by atoms with E-state index in [1.165, 1.54) is 0 Å². The van der Waals surface area contributed by atoms with Gasteiger partial charge in [0.05, 0.1) is 5.56 Å². The van der Waals surface area contributed by atoms with Crippen LogP contribution in [0.4, 0.5) is 0 Å². The maximum absolute atomic E-state index is 11.9. The van der Waals surface area contributed by atoms with E-state index in [1.807, 2.05) is 0 Å². The second-order valence-corrected chi connectivity index (χ2v) is 4.26. The average Bonchev–Trinajstić information content (AvgIpc) is 2.48. The molecule has 0 bridgehead atoms. The van der Waals surface area contributed by atoms with E-state index in [0.29, 0.717) is 6.29 Å². The number of carbonyl (C=O) groups excluding carboxylic acids is 2. The third-order valence-electron chi connectivity index (χ3n) is 2.72. The summed E-state index contributed by atoms with van der Waals surface area (Å²) in [5.41, 5.74) is -0.377. The van der Waals surface area contributed by atoms with Crippen LogP contribution < -0.4 is 4.74 Å². The van der Waals surface area contributed by atoms with Crippen molar-refractivity contribution in [3.05, 3.63) is 35.4 Å². The molecule has 0 unspecified atom stereocenters. The molecule has 0 aliphatic rings. The zero-order valence-corrected chi connectivity index (χ0v) is 10.8. The Morgan fingerprint density at radius 2 is 1.41 bits per heavy atom. The number of ether oxygens (including phenoxy) is 1. The van der Waals surface area contributed by atoms with Crippen molar-refractivity contribution in [1.29, 1.82) is 0 Å². The minimum atomic E-state index is -1.11. The lowest BCUT2D eigenvalue weighted by atomic mass is 10.1. The summed E-state index contributed by atoms with van der Waals surface area (Å²) >= 11 is 0. The Morgan fingerprint density at radius 1 is 0.864 bits per heavy atom. The largest absolute Gasteiger partial charge is 0.504 e. The van der Waals surface area contributed by atoms with E-state index in [2.05, 4.69) is 0 Å². The van der Waals surface area contributed by atoms with Crippen LogP contribution in [-0.2, 0) is 0 Å². The molecule has 114 valence electrons. The van der Waals surface area contributed by atoms with Crippen LogP contribution in [0.25, 0.3) is 0 Å². The van der Waals surface area contributed by atoms with Gasteiger partial charge in [-0.15, -0.1) is 0 Å². The molecule has 0 aromatic heterocycles. The van der Waals surface area contributed by atoms with Gasteiger partial charge in [0, 0.05) is 5.56 Å². The van der Waals surface area contributed by atoms with Crippen molar-refractivity contribution in [2.45, 2.75) is 0 Å². The quantitative estimate of drug-likeness (QED) is 0.246. The lowest BCUT2D eigenvalue weighted by Gasteiger charge is -2.09. The van der Waals surface area contributed by atoms with Crippen molar-refractivity contribution in [3.8, 4) is 34.5 Å². The number of phenols is 5. The van der Waals surface area contributed by atoms with E-state index in [4.69, 9.17) is 4.74 Å². The summed E-state index contributed by atoms with van der Waals surface area (Å²) in [7, 11) is 0. The molecule has 0 aliphatic carbocycles. The molecule has 0 aliphatic heterocycles. The molecular formula is C14H10O8. The Bertz CT molecular complexity index is 743. The summed E-state index contributed by atoms with van der Waals surface area (Å²) < 4.78 is 4.79. The van der Waals surface area contributed by atoms with Crippen molar-refractivity contribution in [2.24, 2.45) is 0 Å². The van der Waals surface area contributed by atoms with Crippen molar-refractivity contribution >= 4 is 12.3 Å². The Morgan fingerprint density at radius 3 is 1.95 bits per heavy atom. The van der Waals surface area contributed by atoms with Crippen molar-refractivity contribution < 1.29 is 39.9 Å². The van der Waals surface area contributed by atoms with Gasteiger partial charge in [-0.2, -0.15) is 0 Å². The zero-order chi connectivity index (χ0) is 16.4. The summed E-state index contributed by atoms with van der Waals surface area (Å²) in [5, 5.41) is 46.8. The second kappa shape index (κ2) is 5.52. The fourth-order valence-corrected chi connectivity index (χ4v) is 1.64. The first-order valence-electron chi connectivity index (χ1n) is 5.81. The molecular weight excluding hydrogens is 296 g/mol. The Labute approximate surface area is 123 Å². The Hall–Kier alpha value is -3.42. The van der Waals surface area contributed by atoms with E-state index >= 15 is 0 Å². The van der Waals surface area contributed by atoms with Gasteiger partial charge >= 0.3 is 5.97 Å². The molecule has 0 atom stereocenters. The Kier molecular flexibility index (Phi) is 3.76. The van der Waals surface area contributed by atoms with Gasteiger partial charge < -0.3 is 30.3 Å². The number of carbonyl (C=O) groups is 2. The number of rotatable bonds is 3. The summed E-state index contributed by atoms with van der Waals surface area (Å²) in [6.45, 7) is 0. The summed E-state index contributed by atoms with van der Waals surface area (Å²) in [6, 6.07) is 3.65. The number of hydrogen-bond donors (Lipinski definition) is 5. The smallest absolute Gasteiger partial charge is 0.343 e. The van der Waals surface area contributed by atoms with Crippen LogP contribution in [0.5, 0.6) is 34.5 Å². The van der Waals surface area contributed by atoms with Gasteiger partial charge in [-0.05, 0) is 24.3 Å². The standard InChI is InChI=1S/C14H10O8/c15-5-6-1-8(16)13(20)11(2-6)22-14(21)7-3-9(17)12(19)10(18)4-7/h1-5,16-20H. The minimum Gasteiger partial charge on any atom is -0.504 e. The topological polar surface area (TPSA) is 145 Å². The van der Waals surface area contributed by atoms with Crippen LogP contribution in [0.2, 0.25) is 0 Å². The van der Waals surface area contributed by atoms with Gasteiger partial charge in [0.1, 0.15) is 6.29 Å². The molecule has 0 amide bonds. The van der Waals surface area contributed by atoms with Gasteiger partial charge in [0.2, 0.25) is 5.75 Å². The first-order valence-corrected chi connectivity index (χ1v) is 5.81. The van der Waals surface area contributed by atoms with E-state index in [1.54, 1.807) is 0 Å². The lowest BCUT2D eigenvalue weighted by molar-refractivity contribution is 0.0727. The first-order chi connectivity index (χ1) is 10.3. The van der Waals surface area contributed by atoms with Crippen LogP contribution in [0.3, 0.4) is 0 Å². The zero-order valence-electron chi connectivity index (χ0n) is 10.8. The van der Waals surface area contributed by atoms with Gasteiger partial charge in [-0.3, -0.25) is 4.79 Å². The van der Waals surface area contributed by atoms with Crippen molar-refractivity contribution in [1.82, 2.24) is 0 Å². The van der Waals surface area contributed by atoms with Crippen LogP contribution in [0.1, 0.15) is 20.7 Å². The molecule has 8 nitrogen and oxygen atoms in total. The monoisotopic (exact) mass is 306 g/mol. The van der Waals surface area contributed by atoms with E-state index in [-0.39, 0.29) is 11.1 Å². The highest BCUT2D eigenvalue weighted by atomic mass is 16.5. The van der Waals surface area contributed by atoms with Crippen LogP contribution in [-0.4, -0.2) is 37.8 Å². The molecule has 0 saturated carbocycles. The van der Waals surface area contributed by atoms with Crippen LogP contribution in [0.15, 0.2) is 24.3 Å². The van der Waals surface area contributed by atoms with E-state index < -0.39 is 40.5 Å². The van der Waals surface area contributed by atoms with Crippen LogP contribution in [0, 0.1) is 0 Å². The summed E-state index contributed by atoms with van der Waals surface area (Å²) in [5.74, 6) is -5.32. The Balaban J connectivity index is 2.37. The number of hydrogen-bond acceptors (Lipinski definition) is 8. The highest BCUT2D eigenvalue weighted by Gasteiger charge is 2.18. The summed E-state index contributed by atoms with van der Waals surface area (Å²) in [6.07, 6.45) is 0.370. The number of esters is 1. The number of benzene rings is 2. The van der Waals surface area contributed by atoms with Gasteiger partial charge in [-0.1, -0.05) is 0 Å². The highest BCUT2D eigenvalue weighted by Crippen LogP contribution is 2.38. The molecule has 2 rings (SSSR count). The van der Waals surface area contributed by atoms with Gasteiger partial charge in [0.15, 0.2) is 28.7 Å². The van der Waals surface area contributed by atoms with Crippen LogP contribution >= 0.6 is 0 Å². The molecule has 0 spiro atoms. The predicted molar refractivity (Wildman–Crippen MR) is 71.6 cm³/mol. The molecule has 0 fully saturated rings. The molecule has 5 N–H and O–H groups in total. The van der Waals surface area contributed by atoms with Gasteiger partial charge in [-0.25, -0.2) is 4.79 Å². The average molecular weight is 306 g/mol. The molecule has 0 radical (unpaired) electrons. The van der Waals surface area contributed by atoms with Crippen molar-refractivity contribution in [3.63, 3.8) is 0 Å². The fraction of sp³-hybridized carbons (Fsp3) is 0. The minimum absolute atomic E-state index is 0.0468. The molecule has 2 aromatic rings. The molecule has 0 heterocycles. The number of aldehydes is 1.